The van der Waals surface area contributed by atoms with Crippen molar-refractivity contribution in [3.05, 3.63) is 48.0 Å². The Kier molecular flexibility index (Phi) is 4.73. The van der Waals surface area contributed by atoms with Gasteiger partial charge < -0.3 is 20.9 Å². The van der Waals surface area contributed by atoms with Gasteiger partial charge in [-0.1, -0.05) is 12.1 Å². The van der Waals surface area contributed by atoms with Crippen molar-refractivity contribution in [3.63, 3.8) is 0 Å². The Bertz CT molecular complexity index is 552. The van der Waals surface area contributed by atoms with Crippen molar-refractivity contribution in [2.24, 2.45) is 0 Å². The predicted molar refractivity (Wildman–Crippen MR) is 78.4 cm³/mol. The number of anilines is 1. The summed E-state index contributed by atoms with van der Waals surface area (Å²) in [6.45, 7) is 2.48. The smallest absolute Gasteiger partial charge is 0.319 e. The molecule has 106 valence electrons. The second-order valence-corrected chi connectivity index (χ2v) is 4.52. The van der Waals surface area contributed by atoms with Crippen molar-refractivity contribution in [3.8, 4) is 0 Å². The van der Waals surface area contributed by atoms with E-state index in [2.05, 4.69) is 32.8 Å². The first-order valence-electron chi connectivity index (χ1n) is 6.48. The Balaban J connectivity index is 1.90. The molecule has 0 aliphatic heterocycles. The molecule has 0 saturated heterocycles. The summed E-state index contributed by atoms with van der Waals surface area (Å²) in [6.07, 6.45) is 3.26. The first-order chi connectivity index (χ1) is 9.69. The predicted octanol–water partition coefficient (Wildman–Crippen LogP) is 2.01. The van der Waals surface area contributed by atoms with Gasteiger partial charge in [0.15, 0.2) is 0 Å². The summed E-state index contributed by atoms with van der Waals surface area (Å²) in [5.41, 5.74) is 2.75. The Morgan fingerprint density at radius 2 is 2.30 bits per heavy atom. The number of rotatable bonds is 5. The highest BCUT2D eigenvalue weighted by Gasteiger charge is 2.05. The molecule has 0 spiro atoms. The highest BCUT2D eigenvalue weighted by atomic mass is 16.2. The van der Waals surface area contributed by atoms with Crippen LogP contribution in [0.1, 0.15) is 24.2 Å². The van der Waals surface area contributed by atoms with Crippen LogP contribution in [-0.4, -0.2) is 23.0 Å². The summed E-state index contributed by atoms with van der Waals surface area (Å²) < 4.78 is 0. The first kappa shape index (κ1) is 14.1. The van der Waals surface area contributed by atoms with Crippen LogP contribution in [0.2, 0.25) is 0 Å². The molecule has 1 heterocycles. The van der Waals surface area contributed by atoms with E-state index >= 15 is 0 Å². The number of hydrogen-bond acceptors (Lipinski definition) is 3. The van der Waals surface area contributed by atoms with E-state index < -0.39 is 0 Å². The number of carbonyl (C=O) groups excluding carboxylic acids is 1. The van der Waals surface area contributed by atoms with Gasteiger partial charge in [0, 0.05) is 17.9 Å². The van der Waals surface area contributed by atoms with Crippen LogP contribution < -0.4 is 16.0 Å². The van der Waals surface area contributed by atoms with Gasteiger partial charge >= 0.3 is 6.03 Å². The maximum absolute atomic E-state index is 11.8. The summed E-state index contributed by atoms with van der Waals surface area (Å²) in [5, 5.41) is 8.74. The number of imidazole rings is 1. The third kappa shape index (κ3) is 3.83. The molecule has 2 aromatic rings. The van der Waals surface area contributed by atoms with E-state index in [1.165, 1.54) is 0 Å². The minimum atomic E-state index is -0.242. The summed E-state index contributed by atoms with van der Waals surface area (Å²) in [7, 11) is 1.90. The molecule has 1 aromatic carbocycles. The molecule has 1 unspecified atom stereocenters. The Morgan fingerprint density at radius 3 is 3.00 bits per heavy atom. The number of H-pyrrole nitrogens is 1. The molecule has 6 nitrogen and oxygen atoms in total. The number of nitrogens with zero attached hydrogens (tertiary/aromatic N) is 1. The third-order valence-corrected chi connectivity index (χ3v) is 3.07. The lowest BCUT2D eigenvalue weighted by molar-refractivity contribution is 0.251. The standard InChI is InChI=1S/C14H19N5O/c1-10(15-2)11-4-3-5-12(6-11)19-14(20)17-8-13-7-16-9-18-13/h3-7,9-10,15H,8H2,1-2H3,(H,16,18)(H2,17,19,20). The quantitative estimate of drug-likeness (QED) is 0.672. The number of aromatic amines is 1. The molecule has 0 saturated carbocycles. The van der Waals surface area contributed by atoms with E-state index in [4.69, 9.17) is 0 Å². The number of benzene rings is 1. The Hall–Kier alpha value is -2.34. The van der Waals surface area contributed by atoms with Gasteiger partial charge in [0.1, 0.15) is 0 Å². The summed E-state index contributed by atoms with van der Waals surface area (Å²) >= 11 is 0. The van der Waals surface area contributed by atoms with E-state index in [9.17, 15) is 4.79 Å². The maximum Gasteiger partial charge on any atom is 0.319 e. The zero-order valence-corrected chi connectivity index (χ0v) is 11.6. The number of amides is 2. The summed E-state index contributed by atoms with van der Waals surface area (Å²) in [6, 6.07) is 7.76. The van der Waals surface area contributed by atoms with Gasteiger partial charge in [0.05, 0.1) is 18.6 Å². The van der Waals surface area contributed by atoms with Crippen LogP contribution in [0.4, 0.5) is 10.5 Å². The van der Waals surface area contributed by atoms with E-state index in [0.717, 1.165) is 16.9 Å². The minimum absolute atomic E-state index is 0.241. The fourth-order valence-corrected chi connectivity index (χ4v) is 1.78. The highest BCUT2D eigenvalue weighted by Crippen LogP contribution is 2.16. The molecule has 0 radical (unpaired) electrons. The van der Waals surface area contributed by atoms with Crippen molar-refractivity contribution in [1.82, 2.24) is 20.6 Å². The second-order valence-electron chi connectivity index (χ2n) is 4.52. The van der Waals surface area contributed by atoms with Crippen molar-refractivity contribution >= 4 is 11.7 Å². The number of urea groups is 1. The lowest BCUT2D eigenvalue weighted by Gasteiger charge is -2.13. The number of hydrogen-bond donors (Lipinski definition) is 4. The average molecular weight is 273 g/mol. The fourth-order valence-electron chi connectivity index (χ4n) is 1.78. The van der Waals surface area contributed by atoms with Gasteiger partial charge in [-0.15, -0.1) is 0 Å². The van der Waals surface area contributed by atoms with Crippen LogP contribution in [-0.2, 0) is 6.54 Å². The fraction of sp³-hybridized carbons (Fsp3) is 0.286. The van der Waals surface area contributed by atoms with Gasteiger partial charge in [0.25, 0.3) is 0 Å². The van der Waals surface area contributed by atoms with Crippen LogP contribution in [0.3, 0.4) is 0 Å². The van der Waals surface area contributed by atoms with Crippen molar-refractivity contribution in [2.45, 2.75) is 19.5 Å². The average Bonchev–Trinajstić information content (AvgIpc) is 2.98. The molecule has 2 amide bonds. The lowest BCUT2D eigenvalue weighted by Crippen LogP contribution is -2.28. The lowest BCUT2D eigenvalue weighted by atomic mass is 10.1. The summed E-state index contributed by atoms with van der Waals surface area (Å²) in [4.78, 5) is 18.6. The minimum Gasteiger partial charge on any atom is -0.347 e. The topological polar surface area (TPSA) is 81.8 Å². The monoisotopic (exact) mass is 273 g/mol. The number of carbonyl (C=O) groups is 1. The molecule has 20 heavy (non-hydrogen) atoms. The largest absolute Gasteiger partial charge is 0.347 e. The van der Waals surface area contributed by atoms with Gasteiger partial charge in [-0.2, -0.15) is 0 Å². The Labute approximate surface area is 118 Å². The molecule has 0 aliphatic carbocycles. The zero-order valence-electron chi connectivity index (χ0n) is 11.6. The van der Waals surface area contributed by atoms with E-state index in [-0.39, 0.29) is 12.1 Å². The molecule has 1 aromatic heterocycles. The number of nitrogens with one attached hydrogen (secondary N) is 4. The molecular formula is C14H19N5O. The van der Waals surface area contributed by atoms with E-state index in [1.54, 1.807) is 12.5 Å². The maximum atomic E-state index is 11.8. The van der Waals surface area contributed by atoms with Crippen molar-refractivity contribution < 1.29 is 4.79 Å². The molecule has 4 N–H and O–H groups in total. The third-order valence-electron chi connectivity index (χ3n) is 3.07. The summed E-state index contributed by atoms with van der Waals surface area (Å²) in [5.74, 6) is 0. The molecule has 1 atom stereocenters. The van der Waals surface area contributed by atoms with Gasteiger partial charge in [0.2, 0.25) is 0 Å². The zero-order chi connectivity index (χ0) is 14.4. The highest BCUT2D eigenvalue weighted by molar-refractivity contribution is 5.89. The van der Waals surface area contributed by atoms with Crippen LogP contribution in [0.25, 0.3) is 0 Å². The SMILES string of the molecule is CNC(C)c1cccc(NC(=O)NCc2cnc[nH]2)c1. The van der Waals surface area contributed by atoms with Gasteiger partial charge in [-0.25, -0.2) is 9.78 Å². The molecule has 0 aliphatic rings. The van der Waals surface area contributed by atoms with Gasteiger partial charge in [-0.05, 0) is 31.7 Å². The number of aromatic nitrogens is 2. The van der Waals surface area contributed by atoms with Crippen LogP contribution in [0, 0.1) is 0 Å². The normalized spacial score (nSPS) is 11.9. The molecule has 0 bridgehead atoms. The van der Waals surface area contributed by atoms with Crippen molar-refractivity contribution in [1.29, 1.82) is 0 Å². The Morgan fingerprint density at radius 1 is 1.45 bits per heavy atom. The van der Waals surface area contributed by atoms with Gasteiger partial charge in [-0.3, -0.25) is 0 Å². The molecule has 6 heteroatoms. The molecule has 2 rings (SSSR count). The van der Waals surface area contributed by atoms with E-state index in [1.807, 2.05) is 31.3 Å². The first-order valence-corrected chi connectivity index (χ1v) is 6.48. The van der Waals surface area contributed by atoms with Crippen LogP contribution in [0.5, 0.6) is 0 Å². The van der Waals surface area contributed by atoms with Crippen LogP contribution in [0.15, 0.2) is 36.8 Å². The van der Waals surface area contributed by atoms with Crippen molar-refractivity contribution in [2.75, 3.05) is 12.4 Å². The molecular weight excluding hydrogens is 254 g/mol. The van der Waals surface area contributed by atoms with Crippen LogP contribution >= 0.6 is 0 Å². The second kappa shape index (κ2) is 6.72. The molecule has 0 fully saturated rings. The van der Waals surface area contributed by atoms with E-state index in [0.29, 0.717) is 6.54 Å².